The average molecular weight is 423 g/mol. The molecule has 3 aliphatic carbocycles. The van der Waals surface area contributed by atoms with Gasteiger partial charge in [0.2, 0.25) is 0 Å². The van der Waals surface area contributed by atoms with Crippen molar-refractivity contribution in [3.05, 3.63) is 58.4 Å². The summed E-state index contributed by atoms with van der Waals surface area (Å²) < 4.78 is 6.99. The fraction of sp³-hybridized carbons (Fsp3) is 0.556. The van der Waals surface area contributed by atoms with Crippen LogP contribution in [-0.2, 0) is 5.41 Å². The Morgan fingerprint density at radius 3 is 2.45 bits per heavy atom. The van der Waals surface area contributed by atoms with E-state index in [1.165, 1.54) is 31.2 Å². The van der Waals surface area contributed by atoms with Crippen LogP contribution in [-0.4, -0.2) is 27.0 Å². The van der Waals surface area contributed by atoms with Crippen LogP contribution in [0.1, 0.15) is 75.8 Å². The number of phenols is 1. The number of fused-ring (bicyclic) bond motifs is 4. The summed E-state index contributed by atoms with van der Waals surface area (Å²) in [6.45, 7) is 3.72. The Labute approximate surface area is 184 Å². The van der Waals surface area contributed by atoms with Crippen LogP contribution in [0.25, 0.3) is 0 Å². The first kappa shape index (κ1) is 20.7. The lowest BCUT2D eigenvalue weighted by Gasteiger charge is -2.59. The molecule has 3 atom stereocenters. The zero-order valence-corrected chi connectivity index (χ0v) is 18.7. The van der Waals surface area contributed by atoms with Gasteiger partial charge in [0.25, 0.3) is 0 Å². The highest BCUT2D eigenvalue weighted by atomic mass is 16.5. The predicted octanol–water partition coefficient (Wildman–Crippen LogP) is 5.91. The van der Waals surface area contributed by atoms with Crippen molar-refractivity contribution in [1.82, 2.24) is 0 Å². The largest absolute Gasteiger partial charge is 0.508 e. The monoisotopic (exact) mass is 422 g/mol. The average Bonchev–Trinajstić information content (AvgIpc) is 2.91. The van der Waals surface area contributed by atoms with E-state index in [4.69, 9.17) is 4.74 Å². The number of allylic oxidation sites excluding steroid dienone is 1. The molecule has 1 aliphatic heterocycles. The molecular weight excluding hydrogens is 388 g/mol. The zero-order chi connectivity index (χ0) is 21.8. The molecular formula is C27H34O4. The van der Waals surface area contributed by atoms with Gasteiger partial charge in [0, 0.05) is 28.0 Å². The van der Waals surface area contributed by atoms with E-state index in [1.807, 2.05) is 25.1 Å². The molecule has 4 heteroatoms. The fourth-order valence-corrected chi connectivity index (χ4v) is 6.85. The molecule has 3 unspecified atom stereocenters. The van der Waals surface area contributed by atoms with Crippen molar-refractivity contribution in [2.75, 3.05) is 0 Å². The predicted molar refractivity (Wildman–Crippen MR) is 121 cm³/mol. The highest BCUT2D eigenvalue weighted by Crippen LogP contribution is 2.62. The molecule has 1 aromatic rings. The van der Waals surface area contributed by atoms with Gasteiger partial charge in [-0.05, 0) is 69.7 Å². The van der Waals surface area contributed by atoms with Crippen molar-refractivity contribution in [2.24, 2.45) is 5.92 Å². The molecule has 0 amide bonds. The number of ether oxygens (including phenoxy) is 1. The Balaban J connectivity index is 1.74. The Bertz CT molecular complexity index is 979. The second kappa shape index (κ2) is 7.44. The number of benzene rings is 1. The zero-order valence-electron chi connectivity index (χ0n) is 18.7. The van der Waals surface area contributed by atoms with E-state index >= 15 is 0 Å². The normalized spacial score (nSPS) is 32.0. The molecule has 4 aliphatic rings. The van der Waals surface area contributed by atoms with Crippen LogP contribution in [0, 0.1) is 12.8 Å². The second-order valence-electron chi connectivity index (χ2n) is 10.1. The quantitative estimate of drug-likeness (QED) is 0.526. The van der Waals surface area contributed by atoms with Gasteiger partial charge in [0.05, 0.1) is 6.10 Å². The maximum atomic E-state index is 10.8. The van der Waals surface area contributed by atoms with Gasteiger partial charge in [-0.2, -0.15) is 0 Å². The van der Waals surface area contributed by atoms with Gasteiger partial charge in [-0.1, -0.05) is 37.8 Å². The highest BCUT2D eigenvalue weighted by molar-refractivity contribution is 5.57. The van der Waals surface area contributed by atoms with Crippen molar-refractivity contribution < 1.29 is 20.1 Å². The van der Waals surface area contributed by atoms with Gasteiger partial charge < -0.3 is 20.1 Å². The van der Waals surface area contributed by atoms with Gasteiger partial charge in [-0.15, -0.1) is 0 Å². The second-order valence-corrected chi connectivity index (χ2v) is 10.1. The lowest BCUT2D eigenvalue weighted by Crippen LogP contribution is -2.60. The van der Waals surface area contributed by atoms with Crippen LogP contribution in [0.4, 0.5) is 0 Å². The van der Waals surface area contributed by atoms with Crippen molar-refractivity contribution in [2.45, 2.75) is 88.8 Å². The number of aromatic hydroxyl groups is 1. The Kier molecular flexibility index (Phi) is 4.97. The number of hydrogen-bond donors (Lipinski definition) is 3. The SMILES string of the molecule is CC1=C(O)C=CC(C23CCCCC2C2(CCCCC2)c2ccc(O)c(C)c2O3)=CC1O. The number of aliphatic hydroxyl groups excluding tert-OH is 2. The first-order valence-electron chi connectivity index (χ1n) is 11.9. The molecule has 1 heterocycles. The van der Waals surface area contributed by atoms with Crippen LogP contribution >= 0.6 is 0 Å². The molecule has 0 bridgehead atoms. The van der Waals surface area contributed by atoms with Crippen LogP contribution < -0.4 is 4.74 Å². The summed E-state index contributed by atoms with van der Waals surface area (Å²) in [5, 5.41) is 31.6. The summed E-state index contributed by atoms with van der Waals surface area (Å²) in [7, 11) is 0. The minimum atomic E-state index is -0.834. The van der Waals surface area contributed by atoms with Crippen molar-refractivity contribution in [3.63, 3.8) is 0 Å². The van der Waals surface area contributed by atoms with Crippen molar-refractivity contribution >= 4 is 0 Å². The highest BCUT2D eigenvalue weighted by Gasteiger charge is 2.59. The number of rotatable bonds is 1. The minimum Gasteiger partial charge on any atom is -0.508 e. The van der Waals surface area contributed by atoms with Gasteiger partial charge >= 0.3 is 0 Å². The van der Waals surface area contributed by atoms with E-state index in [1.54, 1.807) is 13.0 Å². The molecule has 0 aromatic heterocycles. The molecule has 3 N–H and O–H groups in total. The van der Waals surface area contributed by atoms with Gasteiger partial charge in [-0.3, -0.25) is 0 Å². The lowest BCUT2D eigenvalue weighted by molar-refractivity contribution is -0.0626. The maximum absolute atomic E-state index is 10.8. The molecule has 2 fully saturated rings. The first-order chi connectivity index (χ1) is 14.9. The molecule has 5 rings (SSSR count). The van der Waals surface area contributed by atoms with Crippen LogP contribution in [0.2, 0.25) is 0 Å². The standard InChI is InChI=1S/C27H34O4/c1-17-21(28)11-9-19(16-23(17)30)27-15-7-4-8-24(27)26(13-5-3-6-14-26)20-10-12-22(29)18(2)25(20)31-27/h9-12,16,23-24,28-30H,3-8,13-15H2,1-2H3. The summed E-state index contributed by atoms with van der Waals surface area (Å²) >= 11 is 0. The Morgan fingerprint density at radius 1 is 0.935 bits per heavy atom. The van der Waals surface area contributed by atoms with Crippen LogP contribution in [0.15, 0.2) is 47.3 Å². The molecule has 4 nitrogen and oxygen atoms in total. The fourth-order valence-electron chi connectivity index (χ4n) is 6.85. The summed E-state index contributed by atoms with van der Waals surface area (Å²) in [4.78, 5) is 0. The van der Waals surface area contributed by atoms with E-state index in [0.29, 0.717) is 11.5 Å². The van der Waals surface area contributed by atoms with E-state index in [2.05, 4.69) is 6.07 Å². The molecule has 0 saturated heterocycles. The van der Waals surface area contributed by atoms with E-state index in [9.17, 15) is 15.3 Å². The first-order valence-corrected chi connectivity index (χ1v) is 11.9. The van der Waals surface area contributed by atoms with E-state index in [-0.39, 0.29) is 16.9 Å². The molecule has 1 spiro atoms. The van der Waals surface area contributed by atoms with Gasteiger partial charge in [0.1, 0.15) is 22.9 Å². The Hall–Kier alpha value is -2.20. The molecule has 2 saturated carbocycles. The topological polar surface area (TPSA) is 69.9 Å². The molecule has 166 valence electrons. The van der Waals surface area contributed by atoms with Gasteiger partial charge in [0.15, 0.2) is 0 Å². The van der Waals surface area contributed by atoms with Crippen molar-refractivity contribution in [3.8, 4) is 11.5 Å². The third kappa shape index (κ3) is 2.98. The number of hydrogen-bond acceptors (Lipinski definition) is 4. The molecule has 0 radical (unpaired) electrons. The summed E-state index contributed by atoms with van der Waals surface area (Å²) in [5.41, 5.74) is 3.08. The smallest absolute Gasteiger partial charge is 0.137 e. The maximum Gasteiger partial charge on any atom is 0.137 e. The molecule has 31 heavy (non-hydrogen) atoms. The van der Waals surface area contributed by atoms with Crippen LogP contribution in [0.3, 0.4) is 0 Å². The minimum absolute atomic E-state index is 0.0289. The summed E-state index contributed by atoms with van der Waals surface area (Å²) in [6.07, 6.45) is 14.9. The Morgan fingerprint density at radius 2 is 1.68 bits per heavy atom. The van der Waals surface area contributed by atoms with E-state index in [0.717, 1.165) is 49.0 Å². The number of aliphatic hydroxyl groups is 2. The van der Waals surface area contributed by atoms with Gasteiger partial charge in [-0.25, -0.2) is 0 Å². The summed E-state index contributed by atoms with van der Waals surface area (Å²) in [5.74, 6) is 1.55. The number of phenolic OH excluding ortho intramolecular Hbond substituents is 1. The van der Waals surface area contributed by atoms with Crippen LogP contribution in [0.5, 0.6) is 11.5 Å². The third-order valence-corrected chi connectivity index (χ3v) is 8.56. The third-order valence-electron chi connectivity index (χ3n) is 8.56. The summed E-state index contributed by atoms with van der Waals surface area (Å²) in [6, 6.07) is 3.94. The van der Waals surface area contributed by atoms with Crippen molar-refractivity contribution in [1.29, 1.82) is 0 Å². The lowest BCUT2D eigenvalue weighted by atomic mass is 9.51. The molecule has 1 aromatic carbocycles. The van der Waals surface area contributed by atoms with E-state index < -0.39 is 11.7 Å².